The highest BCUT2D eigenvalue weighted by Crippen LogP contribution is 2.28. The highest BCUT2D eigenvalue weighted by Gasteiger charge is 2.22. The van der Waals surface area contributed by atoms with E-state index in [-0.39, 0.29) is 24.0 Å². The summed E-state index contributed by atoms with van der Waals surface area (Å²) in [6.45, 7) is 7.63. The van der Waals surface area contributed by atoms with Crippen LogP contribution in [0.25, 0.3) is 0 Å². The van der Waals surface area contributed by atoms with Crippen LogP contribution < -0.4 is 20.3 Å². The van der Waals surface area contributed by atoms with Gasteiger partial charge in [0.25, 0.3) is 0 Å². The van der Waals surface area contributed by atoms with E-state index < -0.39 is 0 Å². The largest absolute Gasteiger partial charge is 0.490 e. The molecule has 1 aliphatic heterocycles. The van der Waals surface area contributed by atoms with E-state index in [9.17, 15) is 0 Å². The number of pyridine rings is 1. The van der Waals surface area contributed by atoms with Crippen LogP contribution in [0.4, 0.5) is 5.82 Å². The second kappa shape index (κ2) is 12.3. The van der Waals surface area contributed by atoms with Crippen molar-refractivity contribution in [3.63, 3.8) is 0 Å². The second-order valence-electron chi connectivity index (χ2n) is 8.52. The number of para-hydroxylation sites is 1. The molecule has 1 aromatic carbocycles. The molecule has 0 radical (unpaired) electrons. The molecule has 2 heterocycles. The average Bonchev–Trinajstić information content (AvgIpc) is 2.76. The Kier molecular flexibility index (Phi) is 9.44. The maximum Gasteiger partial charge on any atom is 0.191 e. The minimum Gasteiger partial charge on any atom is -0.490 e. The lowest BCUT2D eigenvalue weighted by Crippen LogP contribution is -2.48. The van der Waals surface area contributed by atoms with E-state index in [4.69, 9.17) is 9.73 Å². The number of hydrogen-bond donors (Lipinski definition) is 2. The Labute approximate surface area is 209 Å². The Morgan fingerprint density at radius 3 is 2.56 bits per heavy atom. The first-order valence-corrected chi connectivity index (χ1v) is 11.7. The summed E-state index contributed by atoms with van der Waals surface area (Å²) >= 11 is 0. The number of benzene rings is 1. The topological polar surface area (TPSA) is 61.8 Å². The molecule has 0 spiro atoms. The SMILES string of the molecule is CCNC(=NCc1ccccc1OC1CCC1)NC1CCN(c2cccc(C)n2)CC1.I. The van der Waals surface area contributed by atoms with Gasteiger partial charge in [0.2, 0.25) is 0 Å². The molecule has 1 saturated heterocycles. The third-order valence-corrected chi connectivity index (χ3v) is 6.10. The van der Waals surface area contributed by atoms with Gasteiger partial charge in [-0.15, -0.1) is 24.0 Å². The monoisotopic (exact) mass is 549 g/mol. The molecule has 1 aliphatic carbocycles. The maximum absolute atomic E-state index is 6.16. The highest BCUT2D eigenvalue weighted by molar-refractivity contribution is 14.0. The Morgan fingerprint density at radius 1 is 1.09 bits per heavy atom. The van der Waals surface area contributed by atoms with Crippen LogP contribution in [-0.2, 0) is 6.54 Å². The predicted molar refractivity (Wildman–Crippen MR) is 142 cm³/mol. The molecule has 0 atom stereocenters. The van der Waals surface area contributed by atoms with Crippen molar-refractivity contribution in [2.45, 2.75) is 64.6 Å². The molecule has 174 valence electrons. The van der Waals surface area contributed by atoms with Gasteiger partial charge in [0, 0.05) is 36.9 Å². The Hall–Kier alpha value is -2.03. The second-order valence-corrected chi connectivity index (χ2v) is 8.52. The molecule has 0 bridgehead atoms. The summed E-state index contributed by atoms with van der Waals surface area (Å²) in [5.74, 6) is 2.95. The van der Waals surface area contributed by atoms with E-state index in [2.05, 4.69) is 57.8 Å². The van der Waals surface area contributed by atoms with Crippen LogP contribution in [0.1, 0.15) is 50.3 Å². The first-order chi connectivity index (χ1) is 15.2. The molecule has 2 N–H and O–H groups in total. The van der Waals surface area contributed by atoms with Gasteiger partial charge in [-0.3, -0.25) is 0 Å². The maximum atomic E-state index is 6.16. The van der Waals surface area contributed by atoms with Gasteiger partial charge in [0.15, 0.2) is 5.96 Å². The lowest BCUT2D eigenvalue weighted by molar-refractivity contribution is 0.119. The van der Waals surface area contributed by atoms with Crippen molar-refractivity contribution in [3.8, 4) is 5.75 Å². The molecule has 1 saturated carbocycles. The zero-order valence-corrected chi connectivity index (χ0v) is 21.5. The highest BCUT2D eigenvalue weighted by atomic mass is 127. The van der Waals surface area contributed by atoms with Crippen LogP contribution in [-0.4, -0.2) is 42.7 Å². The van der Waals surface area contributed by atoms with Crippen LogP contribution in [0.15, 0.2) is 47.5 Å². The molecule has 7 heteroatoms. The summed E-state index contributed by atoms with van der Waals surface area (Å²) in [5.41, 5.74) is 2.22. The number of aromatic nitrogens is 1. The Morgan fingerprint density at radius 2 is 1.88 bits per heavy atom. The number of ether oxygens (including phenoxy) is 1. The van der Waals surface area contributed by atoms with Gasteiger partial charge < -0.3 is 20.3 Å². The number of piperidine rings is 1. The summed E-state index contributed by atoms with van der Waals surface area (Å²) in [6.07, 6.45) is 6.13. The van der Waals surface area contributed by atoms with Gasteiger partial charge in [0.05, 0.1) is 12.6 Å². The summed E-state index contributed by atoms with van der Waals surface area (Å²) in [4.78, 5) is 11.9. The smallest absolute Gasteiger partial charge is 0.191 e. The van der Waals surface area contributed by atoms with Gasteiger partial charge in [-0.2, -0.15) is 0 Å². The number of aliphatic imine (C=N–C) groups is 1. The van der Waals surface area contributed by atoms with Crippen molar-refractivity contribution < 1.29 is 4.74 Å². The number of anilines is 1. The standard InChI is InChI=1S/C25H35N5O.HI/c1-3-26-25(27-18-20-9-4-5-12-23(20)31-22-10-7-11-22)29-21-14-16-30(17-15-21)24-13-6-8-19(2)28-24;/h4-6,8-9,12-13,21-22H,3,7,10-11,14-18H2,1-2H3,(H2,26,27,29);1H. The summed E-state index contributed by atoms with van der Waals surface area (Å²) in [7, 11) is 0. The zero-order valence-electron chi connectivity index (χ0n) is 19.2. The quantitative estimate of drug-likeness (QED) is 0.299. The number of hydrogen-bond acceptors (Lipinski definition) is 4. The number of halogens is 1. The summed E-state index contributed by atoms with van der Waals surface area (Å²) in [5, 5.41) is 7.05. The van der Waals surface area contributed by atoms with E-state index in [0.717, 1.165) is 61.3 Å². The van der Waals surface area contributed by atoms with Gasteiger partial charge >= 0.3 is 0 Å². The first-order valence-electron chi connectivity index (χ1n) is 11.7. The molecule has 2 aromatic rings. The number of guanidine groups is 1. The first kappa shape index (κ1) is 24.6. The van der Waals surface area contributed by atoms with Crippen LogP contribution in [0.5, 0.6) is 5.75 Å². The van der Waals surface area contributed by atoms with Crippen molar-refractivity contribution >= 4 is 35.8 Å². The molecule has 0 unspecified atom stereocenters. The molecule has 0 amide bonds. The van der Waals surface area contributed by atoms with E-state index in [1.165, 1.54) is 19.3 Å². The van der Waals surface area contributed by atoms with E-state index in [1.807, 2.05) is 19.1 Å². The van der Waals surface area contributed by atoms with Gasteiger partial charge in [-0.1, -0.05) is 24.3 Å². The fraction of sp³-hybridized carbons (Fsp3) is 0.520. The Bertz CT molecular complexity index is 878. The lowest BCUT2D eigenvalue weighted by Gasteiger charge is -2.34. The molecule has 6 nitrogen and oxygen atoms in total. The van der Waals surface area contributed by atoms with Gasteiger partial charge in [-0.05, 0) is 64.2 Å². The van der Waals surface area contributed by atoms with Gasteiger partial charge in [-0.25, -0.2) is 9.98 Å². The number of aryl methyl sites for hydroxylation is 1. The lowest BCUT2D eigenvalue weighted by atomic mass is 9.96. The average molecular weight is 550 g/mol. The summed E-state index contributed by atoms with van der Waals surface area (Å²) in [6, 6.07) is 15.0. The fourth-order valence-electron chi connectivity index (χ4n) is 4.05. The van der Waals surface area contributed by atoms with E-state index >= 15 is 0 Å². The van der Waals surface area contributed by atoms with Crippen LogP contribution in [0.2, 0.25) is 0 Å². The molecular weight excluding hydrogens is 513 g/mol. The van der Waals surface area contributed by atoms with Crippen LogP contribution in [0, 0.1) is 6.92 Å². The van der Waals surface area contributed by atoms with Crippen molar-refractivity contribution in [1.82, 2.24) is 15.6 Å². The number of nitrogens with one attached hydrogen (secondary N) is 2. The molecule has 2 aliphatic rings. The number of nitrogens with zero attached hydrogens (tertiary/aromatic N) is 3. The Balaban J connectivity index is 0.00000289. The third kappa shape index (κ3) is 6.73. The molecule has 4 rings (SSSR count). The molecule has 1 aromatic heterocycles. The van der Waals surface area contributed by atoms with Gasteiger partial charge in [0.1, 0.15) is 11.6 Å². The third-order valence-electron chi connectivity index (χ3n) is 6.10. The molecule has 2 fully saturated rings. The fourth-order valence-corrected chi connectivity index (χ4v) is 4.05. The molecular formula is C25H36IN5O. The predicted octanol–water partition coefficient (Wildman–Crippen LogP) is 4.66. The minimum absolute atomic E-state index is 0. The van der Waals surface area contributed by atoms with Crippen LogP contribution >= 0.6 is 24.0 Å². The van der Waals surface area contributed by atoms with Crippen molar-refractivity contribution in [2.24, 2.45) is 4.99 Å². The normalized spacial score (nSPS) is 17.3. The van der Waals surface area contributed by atoms with E-state index in [0.29, 0.717) is 18.7 Å². The van der Waals surface area contributed by atoms with Crippen LogP contribution in [0.3, 0.4) is 0 Å². The minimum atomic E-state index is 0. The molecule has 32 heavy (non-hydrogen) atoms. The van der Waals surface area contributed by atoms with E-state index in [1.54, 1.807) is 0 Å². The summed E-state index contributed by atoms with van der Waals surface area (Å²) < 4.78 is 6.16. The van der Waals surface area contributed by atoms with Crippen molar-refractivity contribution in [3.05, 3.63) is 53.7 Å². The zero-order chi connectivity index (χ0) is 21.5. The van der Waals surface area contributed by atoms with Crippen molar-refractivity contribution in [2.75, 3.05) is 24.5 Å². The number of rotatable bonds is 7. The van der Waals surface area contributed by atoms with Crippen molar-refractivity contribution in [1.29, 1.82) is 0 Å².